The van der Waals surface area contributed by atoms with Crippen molar-refractivity contribution >= 4 is 5.91 Å². The summed E-state index contributed by atoms with van der Waals surface area (Å²) in [5, 5.41) is 8.93. The Hall–Kier alpha value is -2.33. The summed E-state index contributed by atoms with van der Waals surface area (Å²) in [5.41, 5.74) is 7.40. The van der Waals surface area contributed by atoms with Crippen LogP contribution in [0, 0.1) is 0 Å². The molecule has 4 nitrogen and oxygen atoms in total. The number of hydrogen-bond acceptors (Lipinski definition) is 3. The van der Waals surface area contributed by atoms with E-state index in [0.29, 0.717) is 17.9 Å². The van der Waals surface area contributed by atoms with Gasteiger partial charge in [0.1, 0.15) is 12.4 Å². The van der Waals surface area contributed by atoms with E-state index in [0.717, 1.165) is 11.1 Å². The largest absolute Gasteiger partial charge is 0.489 e. The highest BCUT2D eigenvalue weighted by molar-refractivity contribution is 5.92. The van der Waals surface area contributed by atoms with Gasteiger partial charge < -0.3 is 15.6 Å². The fourth-order valence-electron chi connectivity index (χ4n) is 1.67. The van der Waals surface area contributed by atoms with Gasteiger partial charge >= 0.3 is 0 Å². The summed E-state index contributed by atoms with van der Waals surface area (Å²) >= 11 is 0. The molecule has 0 atom stereocenters. The molecule has 19 heavy (non-hydrogen) atoms. The molecule has 4 heteroatoms. The third-order valence-electron chi connectivity index (χ3n) is 2.72. The molecule has 0 aliphatic carbocycles. The number of carbonyl (C=O) groups excluding carboxylic acids is 1. The highest BCUT2D eigenvalue weighted by atomic mass is 16.5. The Morgan fingerprint density at radius 3 is 2.47 bits per heavy atom. The van der Waals surface area contributed by atoms with Crippen molar-refractivity contribution in [3.8, 4) is 5.75 Å². The number of primary amides is 1. The fraction of sp³-hybridized carbons (Fsp3) is 0.133. The van der Waals surface area contributed by atoms with Gasteiger partial charge in [-0.05, 0) is 35.4 Å². The van der Waals surface area contributed by atoms with Crippen LogP contribution in [-0.2, 0) is 13.2 Å². The Labute approximate surface area is 111 Å². The maximum absolute atomic E-state index is 11.1. The number of benzene rings is 2. The molecule has 0 aliphatic heterocycles. The van der Waals surface area contributed by atoms with Crippen molar-refractivity contribution in [1.29, 1.82) is 0 Å². The van der Waals surface area contributed by atoms with Crippen LogP contribution < -0.4 is 10.5 Å². The molecule has 0 spiro atoms. The fourth-order valence-corrected chi connectivity index (χ4v) is 1.67. The van der Waals surface area contributed by atoms with Crippen molar-refractivity contribution in [3.05, 3.63) is 65.2 Å². The lowest BCUT2D eigenvalue weighted by molar-refractivity contribution is 0.1000. The third-order valence-corrected chi connectivity index (χ3v) is 2.72. The molecular formula is C15H15NO3. The standard InChI is InChI=1S/C15H15NO3/c16-15(18)13-3-1-2-12(8-13)10-19-14-6-4-11(9-17)5-7-14/h1-8,17H,9-10H2,(H2,16,18). The average molecular weight is 257 g/mol. The Morgan fingerprint density at radius 2 is 1.84 bits per heavy atom. The summed E-state index contributed by atoms with van der Waals surface area (Å²) in [6.07, 6.45) is 0. The number of aliphatic hydroxyl groups is 1. The lowest BCUT2D eigenvalue weighted by Crippen LogP contribution is -2.11. The van der Waals surface area contributed by atoms with Crippen LogP contribution in [0.25, 0.3) is 0 Å². The van der Waals surface area contributed by atoms with E-state index in [1.54, 1.807) is 42.5 Å². The predicted octanol–water partition coefficient (Wildman–Crippen LogP) is 1.86. The molecule has 0 unspecified atom stereocenters. The zero-order chi connectivity index (χ0) is 13.7. The van der Waals surface area contributed by atoms with Crippen LogP contribution >= 0.6 is 0 Å². The molecule has 0 saturated carbocycles. The topological polar surface area (TPSA) is 72.6 Å². The second-order valence-corrected chi connectivity index (χ2v) is 4.16. The van der Waals surface area contributed by atoms with E-state index in [4.69, 9.17) is 15.6 Å². The first-order valence-electron chi connectivity index (χ1n) is 5.90. The Morgan fingerprint density at radius 1 is 1.11 bits per heavy atom. The molecule has 3 N–H and O–H groups in total. The van der Waals surface area contributed by atoms with Gasteiger partial charge in [0, 0.05) is 5.56 Å². The van der Waals surface area contributed by atoms with Gasteiger partial charge in [-0.15, -0.1) is 0 Å². The maximum Gasteiger partial charge on any atom is 0.248 e. The first-order valence-corrected chi connectivity index (χ1v) is 5.90. The lowest BCUT2D eigenvalue weighted by atomic mass is 10.1. The molecule has 0 fully saturated rings. The summed E-state index contributed by atoms with van der Waals surface area (Å²) < 4.78 is 5.59. The first-order chi connectivity index (χ1) is 9.19. The molecular weight excluding hydrogens is 242 g/mol. The zero-order valence-corrected chi connectivity index (χ0v) is 10.4. The van der Waals surface area contributed by atoms with Gasteiger partial charge in [0.05, 0.1) is 6.61 Å². The van der Waals surface area contributed by atoms with Gasteiger partial charge in [-0.25, -0.2) is 0 Å². The van der Waals surface area contributed by atoms with Gasteiger partial charge in [0.15, 0.2) is 0 Å². The first kappa shape index (κ1) is 13.1. The molecule has 0 aromatic heterocycles. The minimum atomic E-state index is -0.450. The van der Waals surface area contributed by atoms with Gasteiger partial charge in [0.25, 0.3) is 0 Å². The Bertz CT molecular complexity index is 564. The average Bonchev–Trinajstić information content (AvgIpc) is 2.46. The molecule has 2 aromatic rings. The van der Waals surface area contributed by atoms with Crippen LogP contribution in [0.3, 0.4) is 0 Å². The van der Waals surface area contributed by atoms with Crippen LogP contribution in [0.4, 0.5) is 0 Å². The molecule has 0 saturated heterocycles. The van der Waals surface area contributed by atoms with Crippen molar-refractivity contribution in [2.24, 2.45) is 5.73 Å². The van der Waals surface area contributed by atoms with Crippen LogP contribution in [0.15, 0.2) is 48.5 Å². The van der Waals surface area contributed by atoms with E-state index in [-0.39, 0.29) is 6.61 Å². The molecule has 2 rings (SSSR count). The lowest BCUT2D eigenvalue weighted by Gasteiger charge is -2.07. The minimum Gasteiger partial charge on any atom is -0.489 e. The van der Waals surface area contributed by atoms with Crippen LogP contribution in [0.2, 0.25) is 0 Å². The number of aliphatic hydroxyl groups excluding tert-OH is 1. The smallest absolute Gasteiger partial charge is 0.248 e. The number of hydrogen-bond donors (Lipinski definition) is 2. The number of amides is 1. The van der Waals surface area contributed by atoms with Gasteiger partial charge in [-0.3, -0.25) is 4.79 Å². The van der Waals surface area contributed by atoms with E-state index in [2.05, 4.69) is 0 Å². The molecule has 98 valence electrons. The van der Waals surface area contributed by atoms with E-state index >= 15 is 0 Å². The third kappa shape index (κ3) is 3.56. The second-order valence-electron chi connectivity index (χ2n) is 4.16. The second kappa shape index (κ2) is 6.02. The normalized spacial score (nSPS) is 10.2. The van der Waals surface area contributed by atoms with Gasteiger partial charge in [-0.1, -0.05) is 24.3 Å². The minimum absolute atomic E-state index is 0.0148. The van der Waals surface area contributed by atoms with Crippen molar-refractivity contribution in [1.82, 2.24) is 0 Å². The zero-order valence-electron chi connectivity index (χ0n) is 10.4. The van der Waals surface area contributed by atoms with Crippen molar-refractivity contribution < 1.29 is 14.6 Å². The van der Waals surface area contributed by atoms with Gasteiger partial charge in [0.2, 0.25) is 5.91 Å². The maximum atomic E-state index is 11.1. The van der Waals surface area contributed by atoms with E-state index in [1.807, 2.05) is 6.07 Å². The summed E-state index contributed by atoms with van der Waals surface area (Å²) in [7, 11) is 0. The van der Waals surface area contributed by atoms with Crippen LogP contribution in [0.1, 0.15) is 21.5 Å². The van der Waals surface area contributed by atoms with E-state index in [1.165, 1.54) is 0 Å². The number of nitrogens with two attached hydrogens (primary N) is 1. The molecule has 0 bridgehead atoms. The van der Waals surface area contributed by atoms with Crippen LogP contribution in [0.5, 0.6) is 5.75 Å². The Balaban J connectivity index is 2.01. The van der Waals surface area contributed by atoms with Crippen molar-refractivity contribution in [2.75, 3.05) is 0 Å². The summed E-state index contributed by atoms with van der Waals surface area (Å²) in [6, 6.07) is 14.2. The summed E-state index contributed by atoms with van der Waals surface area (Å²) in [6.45, 7) is 0.376. The summed E-state index contributed by atoms with van der Waals surface area (Å²) in [4.78, 5) is 11.1. The number of ether oxygens (including phenoxy) is 1. The molecule has 0 heterocycles. The summed E-state index contributed by atoms with van der Waals surface area (Å²) in [5.74, 6) is 0.260. The number of carbonyl (C=O) groups is 1. The molecule has 2 aromatic carbocycles. The predicted molar refractivity (Wildman–Crippen MR) is 71.7 cm³/mol. The molecule has 0 aliphatic rings. The highest BCUT2D eigenvalue weighted by Gasteiger charge is 2.02. The van der Waals surface area contributed by atoms with Crippen LogP contribution in [-0.4, -0.2) is 11.0 Å². The monoisotopic (exact) mass is 257 g/mol. The van der Waals surface area contributed by atoms with E-state index in [9.17, 15) is 4.79 Å². The molecule has 1 amide bonds. The quantitative estimate of drug-likeness (QED) is 0.858. The van der Waals surface area contributed by atoms with Gasteiger partial charge in [-0.2, -0.15) is 0 Å². The SMILES string of the molecule is NC(=O)c1cccc(COc2ccc(CO)cc2)c1. The van der Waals surface area contributed by atoms with Crippen molar-refractivity contribution in [3.63, 3.8) is 0 Å². The van der Waals surface area contributed by atoms with Crippen molar-refractivity contribution in [2.45, 2.75) is 13.2 Å². The number of rotatable bonds is 5. The van der Waals surface area contributed by atoms with E-state index < -0.39 is 5.91 Å². The highest BCUT2D eigenvalue weighted by Crippen LogP contribution is 2.14. The molecule has 0 radical (unpaired) electrons. The Kier molecular flexibility index (Phi) is 4.15.